The Morgan fingerprint density at radius 3 is 2.53 bits per heavy atom. The van der Waals surface area contributed by atoms with Crippen molar-refractivity contribution in [2.24, 2.45) is 11.7 Å². The van der Waals surface area contributed by atoms with E-state index in [1.165, 1.54) is 0 Å². The van der Waals surface area contributed by atoms with Crippen molar-refractivity contribution in [3.05, 3.63) is 59.5 Å². The molecule has 0 aliphatic carbocycles. The Morgan fingerprint density at radius 1 is 1.22 bits per heavy atom. The number of hydrogen-bond donors (Lipinski definition) is 1. The first kappa shape index (κ1) is 23.8. The first-order chi connectivity index (χ1) is 15.3. The summed E-state index contributed by atoms with van der Waals surface area (Å²) in [5.74, 6) is 0.320. The topological polar surface area (TPSA) is 77.6 Å². The van der Waals surface area contributed by atoms with E-state index >= 15 is 0 Å². The standard InChI is InChI=1S/C26H35N3O3/c1-5-19(25(32-4)17-24(30)18(2)3)8-12-28-13-10-22(11-14-28)29-15-9-20-6-7-21(26(27)31)16-23(20)29/h5-7,9,15-18,22H,8,10-14H2,1-4H3,(H2,27,31)/b19-5-,25-17+. The van der Waals surface area contributed by atoms with Crippen molar-refractivity contribution in [1.29, 1.82) is 0 Å². The number of carbonyl (C=O) groups is 2. The third-order valence-corrected chi connectivity index (χ3v) is 6.38. The van der Waals surface area contributed by atoms with Gasteiger partial charge in [-0.3, -0.25) is 9.59 Å². The number of primary amides is 1. The third-order valence-electron chi connectivity index (χ3n) is 6.38. The molecule has 2 N–H and O–H groups in total. The molecule has 172 valence electrons. The Balaban J connectivity index is 1.60. The Hall–Kier alpha value is -2.86. The van der Waals surface area contributed by atoms with Crippen LogP contribution >= 0.6 is 0 Å². The van der Waals surface area contributed by atoms with E-state index in [1.807, 2.05) is 39.0 Å². The number of ether oxygens (including phenoxy) is 1. The number of likely N-dealkylation sites (tertiary alicyclic amines) is 1. The molecule has 0 atom stereocenters. The monoisotopic (exact) mass is 437 g/mol. The number of carbonyl (C=O) groups excluding carboxylic acids is 2. The van der Waals surface area contributed by atoms with Gasteiger partial charge < -0.3 is 19.9 Å². The lowest BCUT2D eigenvalue weighted by Gasteiger charge is -2.33. The fraction of sp³-hybridized carbons (Fsp3) is 0.462. The second-order valence-electron chi connectivity index (χ2n) is 8.77. The first-order valence-corrected chi connectivity index (χ1v) is 11.4. The Labute approximate surface area is 190 Å². The lowest BCUT2D eigenvalue weighted by Crippen LogP contribution is -2.35. The molecule has 2 aromatic rings. The number of rotatable bonds is 9. The number of piperidine rings is 1. The molecule has 0 saturated carbocycles. The maximum Gasteiger partial charge on any atom is 0.248 e. The van der Waals surface area contributed by atoms with Crippen LogP contribution in [0.1, 0.15) is 56.4 Å². The second-order valence-corrected chi connectivity index (χ2v) is 8.77. The lowest BCUT2D eigenvalue weighted by molar-refractivity contribution is -0.117. The number of nitrogens with two attached hydrogens (primary N) is 1. The Bertz CT molecular complexity index is 1020. The molecule has 1 aliphatic heterocycles. The average molecular weight is 438 g/mol. The number of benzene rings is 1. The van der Waals surface area contributed by atoms with Crippen LogP contribution in [0.3, 0.4) is 0 Å². The summed E-state index contributed by atoms with van der Waals surface area (Å²) in [7, 11) is 1.62. The molecule has 32 heavy (non-hydrogen) atoms. The quantitative estimate of drug-likeness (QED) is 0.357. The zero-order valence-corrected chi connectivity index (χ0v) is 19.6. The smallest absolute Gasteiger partial charge is 0.248 e. The van der Waals surface area contributed by atoms with Crippen LogP contribution in [0.15, 0.2) is 53.9 Å². The summed E-state index contributed by atoms with van der Waals surface area (Å²) in [4.78, 5) is 26.2. The molecule has 2 heterocycles. The predicted molar refractivity (Wildman–Crippen MR) is 128 cm³/mol. The number of aromatic nitrogens is 1. The van der Waals surface area contributed by atoms with Crippen molar-refractivity contribution < 1.29 is 14.3 Å². The molecule has 6 heteroatoms. The van der Waals surface area contributed by atoms with Gasteiger partial charge in [0.05, 0.1) is 7.11 Å². The molecule has 0 radical (unpaired) electrons. The van der Waals surface area contributed by atoms with Gasteiger partial charge in [-0.2, -0.15) is 0 Å². The highest BCUT2D eigenvalue weighted by atomic mass is 16.5. The summed E-state index contributed by atoms with van der Waals surface area (Å²) in [5.41, 5.74) is 8.16. The molecule has 6 nitrogen and oxygen atoms in total. The number of fused-ring (bicyclic) bond motifs is 1. The maximum atomic E-state index is 12.1. The highest BCUT2D eigenvalue weighted by molar-refractivity contribution is 5.97. The number of ketones is 1. The molecule has 1 aromatic heterocycles. The molecule has 3 rings (SSSR count). The van der Waals surface area contributed by atoms with E-state index in [1.54, 1.807) is 19.3 Å². The summed E-state index contributed by atoms with van der Waals surface area (Å²) in [6.45, 7) is 8.73. The van der Waals surface area contributed by atoms with E-state index in [2.05, 4.69) is 21.7 Å². The zero-order valence-electron chi connectivity index (χ0n) is 19.6. The van der Waals surface area contributed by atoms with Crippen LogP contribution in [0.2, 0.25) is 0 Å². The van der Waals surface area contributed by atoms with Crippen molar-refractivity contribution in [3.8, 4) is 0 Å². The summed E-state index contributed by atoms with van der Waals surface area (Å²) in [5, 5.41) is 1.13. The van der Waals surface area contributed by atoms with Gasteiger partial charge in [-0.15, -0.1) is 0 Å². The van der Waals surface area contributed by atoms with Crippen LogP contribution in [0, 0.1) is 5.92 Å². The maximum absolute atomic E-state index is 12.1. The molecule has 0 spiro atoms. The zero-order chi connectivity index (χ0) is 23.3. The summed E-state index contributed by atoms with van der Waals surface area (Å²) in [6, 6.07) is 8.16. The second kappa shape index (κ2) is 10.6. The van der Waals surface area contributed by atoms with Crippen molar-refractivity contribution in [3.63, 3.8) is 0 Å². The SMILES string of the molecule is C/C=C(CCN1CCC(n2ccc3ccc(C(N)=O)cc32)CC1)\C(=C/C(=O)C(C)C)OC. The lowest BCUT2D eigenvalue weighted by atomic mass is 10.0. The van der Waals surface area contributed by atoms with E-state index in [9.17, 15) is 9.59 Å². The van der Waals surface area contributed by atoms with Crippen LogP contribution in [0.25, 0.3) is 10.9 Å². The molecular formula is C26H35N3O3. The van der Waals surface area contributed by atoms with Crippen LogP contribution in [-0.4, -0.2) is 47.9 Å². The molecule has 1 amide bonds. The minimum atomic E-state index is -0.395. The summed E-state index contributed by atoms with van der Waals surface area (Å²) >= 11 is 0. The van der Waals surface area contributed by atoms with Crippen LogP contribution in [0.4, 0.5) is 0 Å². The number of amides is 1. The molecule has 1 aliphatic rings. The van der Waals surface area contributed by atoms with Crippen LogP contribution in [-0.2, 0) is 9.53 Å². The third kappa shape index (κ3) is 5.49. The van der Waals surface area contributed by atoms with Gasteiger partial charge >= 0.3 is 0 Å². The van der Waals surface area contributed by atoms with Crippen molar-refractivity contribution in [2.75, 3.05) is 26.7 Å². The fourth-order valence-corrected chi connectivity index (χ4v) is 4.31. The molecule has 1 fully saturated rings. The summed E-state index contributed by atoms with van der Waals surface area (Å²) in [6.07, 6.45) is 8.74. The van der Waals surface area contributed by atoms with Crippen molar-refractivity contribution in [2.45, 2.75) is 46.1 Å². The van der Waals surface area contributed by atoms with E-state index < -0.39 is 5.91 Å². The first-order valence-electron chi connectivity index (χ1n) is 11.4. The Morgan fingerprint density at radius 2 is 1.94 bits per heavy atom. The molecule has 0 bridgehead atoms. The van der Waals surface area contributed by atoms with Crippen LogP contribution < -0.4 is 5.73 Å². The van der Waals surface area contributed by atoms with Gasteiger partial charge in [0.15, 0.2) is 5.78 Å². The minimum absolute atomic E-state index is 0.0406. The van der Waals surface area contributed by atoms with Crippen molar-refractivity contribution >= 4 is 22.6 Å². The van der Waals surface area contributed by atoms with Crippen molar-refractivity contribution in [1.82, 2.24) is 9.47 Å². The van der Waals surface area contributed by atoms with Gasteiger partial charge in [0.25, 0.3) is 0 Å². The normalized spacial score (nSPS) is 16.7. The highest BCUT2D eigenvalue weighted by Gasteiger charge is 2.22. The molecular weight excluding hydrogens is 402 g/mol. The minimum Gasteiger partial charge on any atom is -0.496 e. The number of methoxy groups -OCH3 is 1. The number of allylic oxidation sites excluding steroid dienone is 3. The van der Waals surface area contributed by atoms with Gasteiger partial charge in [0, 0.05) is 54.9 Å². The van der Waals surface area contributed by atoms with Gasteiger partial charge in [-0.1, -0.05) is 26.0 Å². The molecule has 1 saturated heterocycles. The van der Waals surface area contributed by atoms with Crippen LogP contribution in [0.5, 0.6) is 0 Å². The highest BCUT2D eigenvalue weighted by Crippen LogP contribution is 2.29. The summed E-state index contributed by atoms with van der Waals surface area (Å²) < 4.78 is 7.81. The van der Waals surface area contributed by atoms with E-state index in [-0.39, 0.29) is 11.7 Å². The number of hydrogen-bond acceptors (Lipinski definition) is 4. The predicted octanol–water partition coefficient (Wildman–Crippen LogP) is 4.47. The largest absolute Gasteiger partial charge is 0.496 e. The van der Waals surface area contributed by atoms with E-state index in [0.29, 0.717) is 17.4 Å². The van der Waals surface area contributed by atoms with Gasteiger partial charge in [0.1, 0.15) is 5.76 Å². The van der Waals surface area contributed by atoms with Gasteiger partial charge in [0.2, 0.25) is 5.91 Å². The van der Waals surface area contributed by atoms with E-state index in [4.69, 9.17) is 10.5 Å². The average Bonchev–Trinajstić information content (AvgIpc) is 3.22. The van der Waals surface area contributed by atoms with Gasteiger partial charge in [-0.25, -0.2) is 0 Å². The fourth-order valence-electron chi connectivity index (χ4n) is 4.31. The molecule has 1 aromatic carbocycles. The number of nitrogens with zero attached hydrogens (tertiary/aromatic N) is 2. The van der Waals surface area contributed by atoms with E-state index in [0.717, 1.165) is 55.4 Å². The molecule has 0 unspecified atom stereocenters. The van der Waals surface area contributed by atoms with Gasteiger partial charge in [-0.05, 0) is 55.3 Å². The Kier molecular flexibility index (Phi) is 7.91.